The maximum Gasteiger partial charge on any atom is 0.260 e. The van der Waals surface area contributed by atoms with E-state index >= 15 is 0 Å². The summed E-state index contributed by atoms with van der Waals surface area (Å²) in [7, 11) is 3.31. The molecule has 7 nitrogen and oxygen atoms in total. The molecule has 1 aliphatic carbocycles. The van der Waals surface area contributed by atoms with E-state index in [1.54, 1.807) is 14.1 Å². The van der Waals surface area contributed by atoms with Crippen LogP contribution in [-0.2, 0) is 33.9 Å². The molecule has 0 aromatic carbocycles. The second kappa shape index (κ2) is 6.51. The average molecular weight is 339 g/mol. The van der Waals surface area contributed by atoms with E-state index in [0.29, 0.717) is 37.3 Å². The number of hydrogen-bond acceptors (Lipinski definition) is 5. The summed E-state index contributed by atoms with van der Waals surface area (Å²) in [5.41, 5.74) is -0.353. The number of nitrogens with zero attached hydrogens (tertiary/aromatic N) is 3. The van der Waals surface area contributed by atoms with Crippen LogP contribution in [0.3, 0.4) is 0 Å². The summed E-state index contributed by atoms with van der Waals surface area (Å²) < 4.78 is 25.0. The molecule has 3 rings (SSSR count). The van der Waals surface area contributed by atoms with Crippen LogP contribution >= 0.6 is 0 Å². The molecular formula is C16H22FN3O4. The maximum atomic E-state index is 14.4. The third-order valence-corrected chi connectivity index (χ3v) is 4.69. The number of rotatable bonds is 5. The number of fused-ring (bicyclic) bond motifs is 1. The van der Waals surface area contributed by atoms with E-state index in [4.69, 9.17) is 9.26 Å². The molecule has 1 aromatic heterocycles. The third kappa shape index (κ3) is 3.15. The molecule has 0 bridgehead atoms. The number of ether oxygens (including phenoxy) is 1. The Morgan fingerprint density at radius 2 is 2.17 bits per heavy atom. The molecule has 0 N–H and O–H groups in total. The lowest BCUT2D eigenvalue weighted by Crippen LogP contribution is -2.51. The first kappa shape index (κ1) is 16.9. The average Bonchev–Trinajstić information content (AvgIpc) is 2.94. The van der Waals surface area contributed by atoms with Crippen LogP contribution in [0.25, 0.3) is 0 Å². The van der Waals surface area contributed by atoms with E-state index in [0.717, 1.165) is 12.0 Å². The van der Waals surface area contributed by atoms with E-state index in [1.165, 1.54) is 9.80 Å². The second-order valence-corrected chi connectivity index (χ2v) is 6.61. The molecule has 2 heterocycles. The minimum absolute atomic E-state index is 0.0507. The van der Waals surface area contributed by atoms with Gasteiger partial charge < -0.3 is 19.1 Å². The van der Waals surface area contributed by atoms with Gasteiger partial charge in [-0.2, -0.15) is 0 Å². The summed E-state index contributed by atoms with van der Waals surface area (Å²) in [6.45, 7) is 0.793. The molecule has 0 saturated heterocycles. The number of halogens is 1. The lowest BCUT2D eigenvalue weighted by Gasteiger charge is -2.38. The molecule has 1 saturated carbocycles. The van der Waals surface area contributed by atoms with Crippen molar-refractivity contribution in [2.45, 2.75) is 44.5 Å². The number of carbonyl (C=O) groups excluding carboxylic acids is 2. The van der Waals surface area contributed by atoms with Gasteiger partial charge in [-0.05, 0) is 19.3 Å². The molecule has 132 valence electrons. The topological polar surface area (TPSA) is 75.9 Å². The van der Waals surface area contributed by atoms with E-state index in [2.05, 4.69) is 5.16 Å². The monoisotopic (exact) mass is 339 g/mol. The van der Waals surface area contributed by atoms with Crippen LogP contribution in [-0.4, -0.2) is 59.7 Å². The normalized spacial score (nSPS) is 18.7. The largest absolute Gasteiger partial charge is 0.365 e. The van der Waals surface area contributed by atoms with Crippen LogP contribution in [0.5, 0.6) is 0 Å². The molecular weight excluding hydrogens is 317 g/mol. The first-order valence-electron chi connectivity index (χ1n) is 8.13. The van der Waals surface area contributed by atoms with Gasteiger partial charge >= 0.3 is 0 Å². The summed E-state index contributed by atoms with van der Waals surface area (Å²) in [5.74, 6) is 0.127. The lowest BCUT2D eigenvalue weighted by atomic mass is 9.80. The fraction of sp³-hybridized carbons (Fsp3) is 0.688. The Bertz CT molecular complexity index is 639. The minimum atomic E-state index is -1.69. The minimum Gasteiger partial charge on any atom is -0.365 e. The summed E-state index contributed by atoms with van der Waals surface area (Å²) >= 11 is 0. The fourth-order valence-corrected chi connectivity index (χ4v) is 2.90. The van der Waals surface area contributed by atoms with Gasteiger partial charge in [-0.15, -0.1) is 0 Å². The Morgan fingerprint density at radius 3 is 2.79 bits per heavy atom. The first-order chi connectivity index (χ1) is 11.4. The van der Waals surface area contributed by atoms with E-state index in [-0.39, 0.29) is 25.7 Å². The van der Waals surface area contributed by atoms with Crippen molar-refractivity contribution >= 4 is 11.8 Å². The van der Waals surface area contributed by atoms with Crippen molar-refractivity contribution in [2.24, 2.45) is 0 Å². The summed E-state index contributed by atoms with van der Waals surface area (Å²) in [4.78, 5) is 26.8. The zero-order valence-electron chi connectivity index (χ0n) is 14.0. The van der Waals surface area contributed by atoms with Crippen LogP contribution < -0.4 is 0 Å². The molecule has 8 heteroatoms. The molecule has 0 unspecified atom stereocenters. The Balaban J connectivity index is 1.62. The van der Waals surface area contributed by atoms with Crippen LogP contribution in [0, 0.1) is 0 Å². The van der Waals surface area contributed by atoms with Gasteiger partial charge in [0.1, 0.15) is 18.1 Å². The van der Waals surface area contributed by atoms with Crippen molar-refractivity contribution in [3.8, 4) is 0 Å². The first-order valence-corrected chi connectivity index (χ1v) is 8.13. The molecule has 24 heavy (non-hydrogen) atoms. The third-order valence-electron chi connectivity index (χ3n) is 4.69. The Labute approximate surface area is 139 Å². The standard InChI is InChI=1S/C16H22FN3O4/c1-19(2)14(21)10-23-9-12-11-8-20(7-4-13(11)24-18-12)15(22)16(17)5-3-6-16/h3-10H2,1-2H3. The number of carbonyl (C=O) groups is 2. The maximum absolute atomic E-state index is 14.4. The van der Waals surface area contributed by atoms with Crippen molar-refractivity contribution < 1.29 is 23.2 Å². The molecule has 1 fully saturated rings. The van der Waals surface area contributed by atoms with E-state index < -0.39 is 11.6 Å². The van der Waals surface area contributed by atoms with Gasteiger partial charge in [0, 0.05) is 32.6 Å². The SMILES string of the molecule is CN(C)C(=O)COCc1noc2c1CN(C(=O)C1(F)CCC1)CC2. The van der Waals surface area contributed by atoms with Gasteiger partial charge in [0.05, 0.1) is 13.2 Å². The molecule has 0 atom stereocenters. The van der Waals surface area contributed by atoms with Gasteiger partial charge in [0.15, 0.2) is 5.67 Å². The molecule has 2 aliphatic rings. The van der Waals surface area contributed by atoms with Gasteiger partial charge in [0.25, 0.3) is 5.91 Å². The molecule has 0 radical (unpaired) electrons. The summed E-state index contributed by atoms with van der Waals surface area (Å²) in [5, 5.41) is 3.97. The van der Waals surface area contributed by atoms with Crippen molar-refractivity contribution in [1.29, 1.82) is 0 Å². The van der Waals surface area contributed by atoms with Crippen LogP contribution in [0.15, 0.2) is 4.52 Å². The smallest absolute Gasteiger partial charge is 0.260 e. The molecule has 2 amide bonds. The van der Waals surface area contributed by atoms with Crippen molar-refractivity contribution in [1.82, 2.24) is 15.0 Å². The zero-order valence-corrected chi connectivity index (χ0v) is 14.0. The van der Waals surface area contributed by atoms with Crippen LogP contribution in [0.1, 0.15) is 36.3 Å². The molecule has 1 aromatic rings. The highest BCUT2D eigenvalue weighted by molar-refractivity contribution is 5.86. The quantitative estimate of drug-likeness (QED) is 0.802. The summed E-state index contributed by atoms with van der Waals surface area (Å²) in [6.07, 6.45) is 1.89. The second-order valence-electron chi connectivity index (χ2n) is 6.61. The highest BCUT2D eigenvalue weighted by Crippen LogP contribution is 2.38. The van der Waals surface area contributed by atoms with Gasteiger partial charge in [-0.1, -0.05) is 5.16 Å². The highest BCUT2D eigenvalue weighted by Gasteiger charge is 2.47. The fourth-order valence-electron chi connectivity index (χ4n) is 2.90. The Kier molecular flexibility index (Phi) is 4.58. The van der Waals surface area contributed by atoms with E-state index in [1.807, 2.05) is 0 Å². The zero-order chi connectivity index (χ0) is 17.3. The Hall–Kier alpha value is -1.96. The lowest BCUT2D eigenvalue weighted by molar-refractivity contribution is -0.151. The predicted octanol–water partition coefficient (Wildman–Crippen LogP) is 1.06. The van der Waals surface area contributed by atoms with Gasteiger partial charge in [-0.3, -0.25) is 9.59 Å². The number of aromatic nitrogens is 1. The molecule has 0 spiro atoms. The van der Waals surface area contributed by atoms with Gasteiger partial charge in [0.2, 0.25) is 5.91 Å². The van der Waals surface area contributed by atoms with Gasteiger partial charge in [-0.25, -0.2) is 4.39 Å². The van der Waals surface area contributed by atoms with Crippen LogP contribution in [0.2, 0.25) is 0 Å². The number of hydrogen-bond donors (Lipinski definition) is 0. The predicted molar refractivity (Wildman–Crippen MR) is 81.7 cm³/mol. The number of alkyl halides is 1. The number of likely N-dealkylation sites (N-methyl/N-ethyl adjacent to an activating group) is 1. The van der Waals surface area contributed by atoms with Crippen molar-refractivity contribution in [2.75, 3.05) is 27.2 Å². The summed E-state index contributed by atoms with van der Waals surface area (Å²) in [6, 6.07) is 0. The Morgan fingerprint density at radius 1 is 1.42 bits per heavy atom. The van der Waals surface area contributed by atoms with Crippen molar-refractivity contribution in [3.05, 3.63) is 17.0 Å². The molecule has 1 aliphatic heterocycles. The van der Waals surface area contributed by atoms with Crippen molar-refractivity contribution in [3.63, 3.8) is 0 Å². The number of amides is 2. The highest BCUT2D eigenvalue weighted by atomic mass is 19.1. The van der Waals surface area contributed by atoms with Crippen LogP contribution in [0.4, 0.5) is 4.39 Å². The van der Waals surface area contributed by atoms with E-state index in [9.17, 15) is 14.0 Å².